The summed E-state index contributed by atoms with van der Waals surface area (Å²) in [5, 5.41) is 0. The molecule has 0 amide bonds. The molecule has 0 radical (unpaired) electrons. The summed E-state index contributed by atoms with van der Waals surface area (Å²) in [6.45, 7) is -0.121. The average Bonchev–Trinajstić information content (AvgIpc) is 2.52. The highest BCUT2D eigenvalue weighted by Gasteiger charge is 2.49. The summed E-state index contributed by atoms with van der Waals surface area (Å²) < 4.78 is 96.2. The van der Waals surface area contributed by atoms with E-state index in [4.69, 9.17) is 4.74 Å². The molecule has 1 aliphatic heterocycles. The molecule has 0 N–H and O–H groups in total. The van der Waals surface area contributed by atoms with Crippen molar-refractivity contribution in [3.05, 3.63) is 46.1 Å². The van der Waals surface area contributed by atoms with E-state index in [2.05, 4.69) is 4.18 Å². The molecule has 2 aliphatic rings. The van der Waals surface area contributed by atoms with E-state index < -0.39 is 57.9 Å². The Morgan fingerprint density at radius 2 is 1.89 bits per heavy atom. The SMILES string of the molecule is O=c1ccc(C2C=C(OS(=O)(=O)C(F)(F)F)CCO2)cn1C1CC(F)(F)C1. The zero-order valence-electron chi connectivity index (χ0n) is 13.6. The maximum absolute atomic E-state index is 13.1. The number of alkyl halides is 5. The van der Waals surface area contributed by atoms with Crippen LogP contribution in [-0.2, 0) is 19.0 Å². The second kappa shape index (κ2) is 6.59. The maximum Gasteiger partial charge on any atom is 0.534 e. The lowest BCUT2D eigenvalue weighted by Gasteiger charge is -2.36. The number of pyridine rings is 1. The molecular formula is C15H14F5NO5S. The zero-order valence-corrected chi connectivity index (χ0v) is 14.4. The third-order valence-electron chi connectivity index (χ3n) is 4.23. The molecule has 1 unspecified atom stereocenters. The summed E-state index contributed by atoms with van der Waals surface area (Å²) >= 11 is 0. The Kier molecular flexibility index (Phi) is 4.83. The number of halogens is 5. The number of hydrogen-bond donors (Lipinski definition) is 0. The molecule has 1 fully saturated rings. The van der Waals surface area contributed by atoms with E-state index in [9.17, 15) is 35.2 Å². The minimum absolute atomic E-state index is 0.121. The third kappa shape index (κ3) is 4.15. The van der Waals surface area contributed by atoms with Gasteiger partial charge in [-0.3, -0.25) is 4.79 Å². The Bertz CT molecular complexity index is 913. The molecule has 2 heterocycles. The fourth-order valence-corrected chi connectivity index (χ4v) is 3.35. The Hall–Kier alpha value is -1.95. The molecule has 0 bridgehead atoms. The van der Waals surface area contributed by atoms with Crippen molar-refractivity contribution < 1.29 is 39.3 Å². The monoisotopic (exact) mass is 415 g/mol. The van der Waals surface area contributed by atoms with Crippen molar-refractivity contribution in [2.75, 3.05) is 6.61 Å². The number of hydrogen-bond acceptors (Lipinski definition) is 5. The first-order chi connectivity index (χ1) is 12.4. The fourth-order valence-electron chi connectivity index (χ4n) is 2.84. The molecule has 1 atom stereocenters. The highest BCUT2D eigenvalue weighted by molar-refractivity contribution is 7.87. The first kappa shape index (κ1) is 19.8. The molecule has 12 heteroatoms. The van der Waals surface area contributed by atoms with Gasteiger partial charge in [-0.05, 0) is 12.1 Å². The Labute approximate surface area is 150 Å². The van der Waals surface area contributed by atoms with Gasteiger partial charge in [-0.25, -0.2) is 8.78 Å². The molecule has 150 valence electrons. The lowest BCUT2D eigenvalue weighted by atomic mass is 9.87. The first-order valence-electron chi connectivity index (χ1n) is 7.81. The highest BCUT2D eigenvalue weighted by Crippen LogP contribution is 2.45. The minimum Gasteiger partial charge on any atom is -0.381 e. The number of rotatable bonds is 4. The van der Waals surface area contributed by atoms with Gasteiger partial charge < -0.3 is 13.5 Å². The Morgan fingerprint density at radius 3 is 2.48 bits per heavy atom. The van der Waals surface area contributed by atoms with Crippen LogP contribution in [0.1, 0.15) is 37.0 Å². The average molecular weight is 415 g/mol. The lowest BCUT2D eigenvalue weighted by Crippen LogP contribution is -2.41. The summed E-state index contributed by atoms with van der Waals surface area (Å²) in [6, 6.07) is 1.77. The van der Waals surface area contributed by atoms with Gasteiger partial charge in [0.15, 0.2) is 0 Å². The normalized spacial score (nSPS) is 23.4. The van der Waals surface area contributed by atoms with Gasteiger partial charge in [-0.15, -0.1) is 0 Å². The van der Waals surface area contributed by atoms with Crippen LogP contribution in [0, 0.1) is 0 Å². The van der Waals surface area contributed by atoms with Crippen molar-refractivity contribution in [3.63, 3.8) is 0 Å². The lowest BCUT2D eigenvalue weighted by molar-refractivity contribution is -0.105. The minimum atomic E-state index is -5.80. The van der Waals surface area contributed by atoms with Crippen LogP contribution in [-0.4, -0.2) is 31.0 Å². The van der Waals surface area contributed by atoms with Crippen LogP contribution in [0.3, 0.4) is 0 Å². The fraction of sp³-hybridized carbons (Fsp3) is 0.533. The Morgan fingerprint density at radius 1 is 1.22 bits per heavy atom. The van der Waals surface area contributed by atoms with Gasteiger partial charge in [0.05, 0.1) is 6.61 Å². The largest absolute Gasteiger partial charge is 0.534 e. The van der Waals surface area contributed by atoms with Crippen molar-refractivity contribution in [1.82, 2.24) is 4.57 Å². The topological polar surface area (TPSA) is 74.6 Å². The van der Waals surface area contributed by atoms with Crippen LogP contribution < -0.4 is 5.56 Å². The smallest absolute Gasteiger partial charge is 0.381 e. The number of ether oxygens (including phenoxy) is 1. The summed E-state index contributed by atoms with van der Waals surface area (Å²) in [6.07, 6.45) is 0.174. The molecule has 1 aliphatic carbocycles. The molecule has 1 aromatic heterocycles. The second-order valence-electron chi connectivity index (χ2n) is 6.28. The third-order valence-corrected chi connectivity index (χ3v) is 5.24. The van der Waals surface area contributed by atoms with Gasteiger partial charge in [-0.2, -0.15) is 21.6 Å². The van der Waals surface area contributed by atoms with E-state index in [1.165, 1.54) is 12.3 Å². The van der Waals surface area contributed by atoms with E-state index in [1.54, 1.807) is 0 Å². The molecule has 0 spiro atoms. The molecule has 27 heavy (non-hydrogen) atoms. The van der Waals surface area contributed by atoms with Gasteiger partial charge in [0.25, 0.3) is 11.5 Å². The van der Waals surface area contributed by atoms with E-state index >= 15 is 0 Å². The van der Waals surface area contributed by atoms with Crippen molar-refractivity contribution in [2.45, 2.75) is 42.8 Å². The van der Waals surface area contributed by atoms with E-state index in [0.29, 0.717) is 5.56 Å². The summed E-state index contributed by atoms with van der Waals surface area (Å²) in [7, 11) is -5.80. The van der Waals surface area contributed by atoms with Crippen molar-refractivity contribution in [2.24, 2.45) is 0 Å². The van der Waals surface area contributed by atoms with Crippen molar-refractivity contribution in [1.29, 1.82) is 0 Å². The standard InChI is InChI=1S/C15H14F5NO5S/c16-14(17)6-10(7-14)21-8-9(1-2-13(21)22)12-5-11(3-4-25-12)26-27(23,24)15(18,19)20/h1-2,5,8,10,12H,3-4,6-7H2. The molecule has 1 aromatic rings. The van der Waals surface area contributed by atoms with Gasteiger partial charge in [-0.1, -0.05) is 0 Å². The van der Waals surface area contributed by atoms with E-state index in [-0.39, 0.29) is 13.0 Å². The molecule has 1 saturated carbocycles. The van der Waals surface area contributed by atoms with Crippen LogP contribution in [0.15, 0.2) is 35.0 Å². The summed E-state index contributed by atoms with van der Waals surface area (Å²) in [5.41, 5.74) is -5.77. The van der Waals surface area contributed by atoms with Crippen LogP contribution in [0.2, 0.25) is 0 Å². The van der Waals surface area contributed by atoms with Crippen LogP contribution in [0.5, 0.6) is 0 Å². The first-order valence-corrected chi connectivity index (χ1v) is 9.22. The van der Waals surface area contributed by atoms with Crippen LogP contribution in [0.4, 0.5) is 22.0 Å². The van der Waals surface area contributed by atoms with E-state index in [1.807, 2.05) is 0 Å². The second-order valence-corrected chi connectivity index (χ2v) is 7.82. The molecule has 6 nitrogen and oxygen atoms in total. The quantitative estimate of drug-likeness (QED) is 0.429. The molecular weight excluding hydrogens is 401 g/mol. The predicted molar refractivity (Wildman–Crippen MR) is 81.4 cm³/mol. The maximum atomic E-state index is 13.1. The van der Waals surface area contributed by atoms with Crippen molar-refractivity contribution in [3.8, 4) is 0 Å². The van der Waals surface area contributed by atoms with Crippen molar-refractivity contribution >= 4 is 10.1 Å². The van der Waals surface area contributed by atoms with Gasteiger partial charge in [0.2, 0.25) is 0 Å². The number of nitrogens with zero attached hydrogens (tertiary/aromatic N) is 1. The van der Waals surface area contributed by atoms with Crippen LogP contribution >= 0.6 is 0 Å². The van der Waals surface area contributed by atoms with Crippen LogP contribution in [0.25, 0.3) is 0 Å². The number of aromatic nitrogens is 1. The summed E-state index contributed by atoms with van der Waals surface area (Å²) in [5.74, 6) is -3.29. The predicted octanol–water partition coefficient (Wildman–Crippen LogP) is 3.03. The van der Waals surface area contributed by atoms with E-state index in [0.717, 1.165) is 16.7 Å². The summed E-state index contributed by atoms with van der Waals surface area (Å²) in [4.78, 5) is 11.9. The Balaban J connectivity index is 1.83. The molecule has 0 saturated heterocycles. The van der Waals surface area contributed by atoms with Gasteiger partial charge in [0.1, 0.15) is 11.9 Å². The zero-order chi connectivity index (χ0) is 20.0. The van der Waals surface area contributed by atoms with Gasteiger partial charge >= 0.3 is 15.6 Å². The highest BCUT2D eigenvalue weighted by atomic mass is 32.2. The van der Waals surface area contributed by atoms with Gasteiger partial charge in [0, 0.05) is 43.1 Å². The molecule has 3 rings (SSSR count). The molecule has 0 aromatic carbocycles.